The van der Waals surface area contributed by atoms with Crippen LogP contribution in [-0.2, 0) is 6.54 Å². The molecule has 0 saturated carbocycles. The van der Waals surface area contributed by atoms with Crippen LogP contribution < -0.4 is 10.1 Å². The van der Waals surface area contributed by atoms with Crippen LogP contribution in [0.3, 0.4) is 0 Å². The smallest absolute Gasteiger partial charge is 0.335 e. The molecule has 2 aromatic rings. The van der Waals surface area contributed by atoms with Gasteiger partial charge in [0, 0.05) is 22.8 Å². The Hall–Kier alpha value is -2.20. The normalized spacial score (nSPS) is 10.7. The first-order chi connectivity index (χ1) is 10.9. The van der Waals surface area contributed by atoms with E-state index in [1.807, 2.05) is 32.9 Å². The van der Waals surface area contributed by atoms with E-state index >= 15 is 0 Å². The van der Waals surface area contributed by atoms with Crippen LogP contribution >= 0.6 is 11.6 Å². The first-order valence-electron chi connectivity index (χ1n) is 7.39. The number of aromatic carboxylic acids is 1. The Kier molecular flexibility index (Phi) is 5.50. The number of aryl methyl sites for hydroxylation is 1. The topological polar surface area (TPSA) is 58.6 Å². The van der Waals surface area contributed by atoms with Crippen molar-refractivity contribution >= 4 is 23.3 Å². The summed E-state index contributed by atoms with van der Waals surface area (Å²) in [5.41, 5.74) is 2.93. The zero-order valence-electron chi connectivity index (χ0n) is 13.4. The van der Waals surface area contributed by atoms with Gasteiger partial charge in [-0.15, -0.1) is 0 Å². The molecule has 0 aliphatic heterocycles. The van der Waals surface area contributed by atoms with E-state index in [9.17, 15) is 4.79 Å². The monoisotopic (exact) mass is 333 g/mol. The average Bonchev–Trinajstić information content (AvgIpc) is 2.48. The van der Waals surface area contributed by atoms with E-state index in [-0.39, 0.29) is 11.7 Å². The zero-order chi connectivity index (χ0) is 17.0. The van der Waals surface area contributed by atoms with E-state index in [4.69, 9.17) is 21.4 Å². The fraction of sp³-hybridized carbons (Fsp3) is 0.278. The van der Waals surface area contributed by atoms with Crippen LogP contribution in [0.5, 0.6) is 5.75 Å². The van der Waals surface area contributed by atoms with Crippen molar-refractivity contribution in [1.82, 2.24) is 0 Å². The van der Waals surface area contributed by atoms with Crippen molar-refractivity contribution in [1.29, 1.82) is 0 Å². The van der Waals surface area contributed by atoms with E-state index in [1.165, 1.54) is 0 Å². The second-order valence-electron chi connectivity index (χ2n) is 5.61. The summed E-state index contributed by atoms with van der Waals surface area (Å²) in [4.78, 5) is 11.1. The maximum atomic E-state index is 11.1. The van der Waals surface area contributed by atoms with Crippen molar-refractivity contribution in [3.63, 3.8) is 0 Å². The number of carboxylic acids is 1. The Morgan fingerprint density at radius 3 is 2.65 bits per heavy atom. The number of halogens is 1. The van der Waals surface area contributed by atoms with Crippen molar-refractivity contribution in [2.75, 3.05) is 5.32 Å². The van der Waals surface area contributed by atoms with Crippen LogP contribution in [-0.4, -0.2) is 17.2 Å². The van der Waals surface area contributed by atoms with Gasteiger partial charge >= 0.3 is 5.97 Å². The molecule has 2 rings (SSSR count). The van der Waals surface area contributed by atoms with Crippen LogP contribution in [0.15, 0.2) is 36.4 Å². The van der Waals surface area contributed by atoms with Gasteiger partial charge in [-0.3, -0.25) is 0 Å². The van der Waals surface area contributed by atoms with E-state index in [2.05, 4.69) is 5.32 Å². The van der Waals surface area contributed by atoms with Gasteiger partial charge in [-0.25, -0.2) is 4.79 Å². The molecule has 0 saturated heterocycles. The molecule has 0 unspecified atom stereocenters. The molecule has 5 heteroatoms. The van der Waals surface area contributed by atoms with Gasteiger partial charge in [0.15, 0.2) is 0 Å². The van der Waals surface area contributed by atoms with Gasteiger partial charge < -0.3 is 15.2 Å². The molecule has 2 N–H and O–H groups in total. The molecular weight excluding hydrogens is 314 g/mol. The molecule has 2 aromatic carbocycles. The van der Waals surface area contributed by atoms with Crippen molar-refractivity contribution in [3.8, 4) is 5.75 Å². The number of ether oxygens (including phenoxy) is 1. The van der Waals surface area contributed by atoms with Gasteiger partial charge in [-0.05, 0) is 56.7 Å². The van der Waals surface area contributed by atoms with E-state index < -0.39 is 5.97 Å². The fourth-order valence-electron chi connectivity index (χ4n) is 2.19. The lowest BCUT2D eigenvalue weighted by atomic mass is 10.1. The van der Waals surface area contributed by atoms with Gasteiger partial charge in [0.1, 0.15) is 5.75 Å². The van der Waals surface area contributed by atoms with Gasteiger partial charge in [0.25, 0.3) is 0 Å². The summed E-state index contributed by atoms with van der Waals surface area (Å²) in [5, 5.41) is 13.0. The number of hydrogen-bond donors (Lipinski definition) is 2. The third-order valence-electron chi connectivity index (χ3n) is 3.34. The lowest BCUT2D eigenvalue weighted by molar-refractivity contribution is 0.0697. The van der Waals surface area contributed by atoms with E-state index in [1.54, 1.807) is 24.3 Å². The predicted octanol–water partition coefficient (Wildman–Crippen LogP) is 4.75. The molecule has 23 heavy (non-hydrogen) atoms. The Bertz CT molecular complexity index is 713. The van der Waals surface area contributed by atoms with Crippen molar-refractivity contribution < 1.29 is 14.6 Å². The Balaban J connectivity index is 2.22. The van der Waals surface area contributed by atoms with Crippen LogP contribution in [0.1, 0.15) is 35.3 Å². The number of hydrogen-bond acceptors (Lipinski definition) is 3. The van der Waals surface area contributed by atoms with Crippen molar-refractivity contribution in [2.45, 2.75) is 33.4 Å². The molecule has 0 heterocycles. The summed E-state index contributed by atoms with van der Waals surface area (Å²) in [5.74, 6) is -0.177. The SMILES string of the molecule is Cc1ccc(C(=O)O)cc1NCc1cc(Cl)ccc1OC(C)C. The minimum absolute atomic E-state index is 0.0620. The van der Waals surface area contributed by atoms with Crippen LogP contribution in [0, 0.1) is 6.92 Å². The van der Waals surface area contributed by atoms with Gasteiger partial charge in [0.05, 0.1) is 11.7 Å². The van der Waals surface area contributed by atoms with Gasteiger partial charge in [0.2, 0.25) is 0 Å². The Labute approximate surface area is 141 Å². The highest BCUT2D eigenvalue weighted by Gasteiger charge is 2.09. The fourth-order valence-corrected chi connectivity index (χ4v) is 2.39. The second-order valence-corrected chi connectivity index (χ2v) is 6.04. The van der Waals surface area contributed by atoms with Crippen LogP contribution in [0.2, 0.25) is 5.02 Å². The van der Waals surface area contributed by atoms with Crippen molar-refractivity contribution in [2.24, 2.45) is 0 Å². The van der Waals surface area contributed by atoms with Crippen LogP contribution in [0.25, 0.3) is 0 Å². The van der Waals surface area contributed by atoms with Gasteiger partial charge in [-0.2, -0.15) is 0 Å². The molecule has 0 amide bonds. The third-order valence-corrected chi connectivity index (χ3v) is 3.57. The lowest BCUT2D eigenvalue weighted by Gasteiger charge is -2.16. The van der Waals surface area contributed by atoms with Crippen LogP contribution in [0.4, 0.5) is 5.69 Å². The average molecular weight is 334 g/mol. The molecule has 0 aliphatic carbocycles. The molecule has 0 bridgehead atoms. The molecule has 0 spiro atoms. The molecule has 4 nitrogen and oxygen atoms in total. The minimum atomic E-state index is -0.945. The summed E-state index contributed by atoms with van der Waals surface area (Å²) in [6.07, 6.45) is 0.0620. The first-order valence-corrected chi connectivity index (χ1v) is 7.77. The minimum Gasteiger partial charge on any atom is -0.491 e. The molecule has 122 valence electrons. The Morgan fingerprint density at radius 1 is 1.26 bits per heavy atom. The summed E-state index contributed by atoms with van der Waals surface area (Å²) in [6.45, 7) is 6.35. The first kappa shape index (κ1) is 17.2. The number of nitrogens with one attached hydrogen (secondary N) is 1. The summed E-state index contributed by atoms with van der Waals surface area (Å²) < 4.78 is 5.79. The third kappa shape index (κ3) is 4.63. The number of carbonyl (C=O) groups is 1. The molecule has 0 fully saturated rings. The summed E-state index contributed by atoms with van der Waals surface area (Å²) in [7, 11) is 0. The molecular formula is C18H20ClNO3. The molecule has 0 aliphatic rings. The lowest BCUT2D eigenvalue weighted by Crippen LogP contribution is -2.10. The zero-order valence-corrected chi connectivity index (χ0v) is 14.1. The quantitative estimate of drug-likeness (QED) is 0.801. The van der Waals surface area contributed by atoms with E-state index in [0.29, 0.717) is 11.6 Å². The highest BCUT2D eigenvalue weighted by atomic mass is 35.5. The maximum Gasteiger partial charge on any atom is 0.335 e. The summed E-state index contributed by atoms with van der Waals surface area (Å²) in [6, 6.07) is 10.5. The van der Waals surface area contributed by atoms with E-state index in [0.717, 1.165) is 22.6 Å². The summed E-state index contributed by atoms with van der Waals surface area (Å²) >= 11 is 6.07. The number of benzene rings is 2. The highest BCUT2D eigenvalue weighted by molar-refractivity contribution is 6.30. The molecule has 0 atom stereocenters. The second kappa shape index (κ2) is 7.38. The highest BCUT2D eigenvalue weighted by Crippen LogP contribution is 2.26. The van der Waals surface area contributed by atoms with Gasteiger partial charge in [-0.1, -0.05) is 17.7 Å². The number of rotatable bonds is 6. The number of carboxylic acid groups (broad SMARTS) is 1. The molecule has 0 radical (unpaired) electrons. The largest absolute Gasteiger partial charge is 0.491 e. The maximum absolute atomic E-state index is 11.1. The standard InChI is InChI=1S/C18H20ClNO3/c1-11(2)23-17-7-6-15(19)8-14(17)10-20-16-9-13(18(21)22)5-4-12(16)3/h4-9,11,20H,10H2,1-3H3,(H,21,22). The Morgan fingerprint density at radius 2 is 2.00 bits per heavy atom. The molecule has 0 aromatic heterocycles. The number of anilines is 1. The van der Waals surface area contributed by atoms with Crippen molar-refractivity contribution in [3.05, 3.63) is 58.1 Å². The predicted molar refractivity (Wildman–Crippen MR) is 92.7 cm³/mol.